The molecule has 4 nitrogen and oxygen atoms in total. The number of aryl methyl sites for hydroxylation is 1. The number of hydrogen-bond donors (Lipinski definition) is 0. The number of benzene rings is 2. The first-order valence-corrected chi connectivity index (χ1v) is 11.8. The molecule has 1 fully saturated rings. The van der Waals surface area contributed by atoms with Crippen molar-refractivity contribution in [2.75, 3.05) is 13.1 Å². The molecule has 3 heterocycles. The van der Waals surface area contributed by atoms with Gasteiger partial charge >= 0.3 is 0 Å². The van der Waals surface area contributed by atoms with Gasteiger partial charge in [-0.1, -0.05) is 54.1 Å². The van der Waals surface area contributed by atoms with Gasteiger partial charge in [-0.2, -0.15) is 0 Å². The zero-order chi connectivity index (χ0) is 22.8. The van der Waals surface area contributed by atoms with Gasteiger partial charge in [-0.15, -0.1) is 0 Å². The molecule has 0 aliphatic carbocycles. The van der Waals surface area contributed by atoms with Gasteiger partial charge < -0.3 is 4.90 Å². The van der Waals surface area contributed by atoms with E-state index < -0.39 is 0 Å². The van der Waals surface area contributed by atoms with Crippen molar-refractivity contribution in [3.63, 3.8) is 0 Å². The van der Waals surface area contributed by atoms with Crippen molar-refractivity contribution in [1.29, 1.82) is 0 Å². The lowest BCUT2D eigenvalue weighted by Crippen LogP contribution is -2.39. The number of rotatable bonds is 4. The summed E-state index contributed by atoms with van der Waals surface area (Å²) in [4.78, 5) is 25.0. The van der Waals surface area contributed by atoms with E-state index in [0.29, 0.717) is 22.2 Å². The highest BCUT2D eigenvalue weighted by atomic mass is 35.5. The summed E-state index contributed by atoms with van der Waals surface area (Å²) >= 11 is 6.40. The Labute approximate surface area is 199 Å². The van der Waals surface area contributed by atoms with Crippen molar-refractivity contribution in [2.24, 2.45) is 5.92 Å². The molecule has 2 aromatic carbocycles. The molecule has 0 radical (unpaired) electrons. The molecule has 2 aromatic heterocycles. The lowest BCUT2D eigenvalue weighted by atomic mass is 9.90. The fourth-order valence-corrected chi connectivity index (χ4v) is 4.84. The van der Waals surface area contributed by atoms with Crippen LogP contribution in [0.4, 0.5) is 0 Å². The Hall–Kier alpha value is -3.24. The number of carbonyl (C=O) groups is 1. The lowest BCUT2D eigenvalue weighted by Gasteiger charge is -2.32. The zero-order valence-electron chi connectivity index (χ0n) is 18.7. The van der Waals surface area contributed by atoms with Crippen LogP contribution in [0.5, 0.6) is 0 Å². The maximum absolute atomic E-state index is 13.7. The van der Waals surface area contributed by atoms with Crippen molar-refractivity contribution in [2.45, 2.75) is 26.2 Å². The molecule has 0 atom stereocenters. The first kappa shape index (κ1) is 21.6. The van der Waals surface area contributed by atoms with E-state index in [1.807, 2.05) is 48.2 Å². The monoisotopic (exact) mass is 455 g/mol. The first-order chi connectivity index (χ1) is 16.1. The minimum absolute atomic E-state index is 0.0551. The summed E-state index contributed by atoms with van der Waals surface area (Å²) in [5.41, 5.74) is 5.11. The minimum atomic E-state index is 0.0551. The van der Waals surface area contributed by atoms with Crippen LogP contribution in [-0.2, 0) is 6.42 Å². The minimum Gasteiger partial charge on any atom is -0.339 e. The fourth-order valence-electron chi connectivity index (χ4n) is 4.68. The van der Waals surface area contributed by atoms with Crippen molar-refractivity contribution in [3.8, 4) is 11.4 Å². The first-order valence-electron chi connectivity index (χ1n) is 11.4. The zero-order valence-corrected chi connectivity index (χ0v) is 19.4. The smallest absolute Gasteiger partial charge is 0.254 e. The second-order valence-electron chi connectivity index (χ2n) is 8.76. The van der Waals surface area contributed by atoms with Gasteiger partial charge in [-0.3, -0.25) is 9.78 Å². The summed E-state index contributed by atoms with van der Waals surface area (Å²) in [7, 11) is 0. The van der Waals surface area contributed by atoms with Crippen molar-refractivity contribution < 1.29 is 4.79 Å². The van der Waals surface area contributed by atoms with E-state index >= 15 is 0 Å². The number of carbonyl (C=O) groups excluding carboxylic acids is 1. The lowest BCUT2D eigenvalue weighted by molar-refractivity contribution is 0.0692. The van der Waals surface area contributed by atoms with Gasteiger partial charge in [-0.05, 0) is 67.5 Å². The van der Waals surface area contributed by atoms with Crippen molar-refractivity contribution in [3.05, 3.63) is 94.6 Å². The highest BCUT2D eigenvalue weighted by molar-refractivity contribution is 6.32. The molecule has 166 valence electrons. The van der Waals surface area contributed by atoms with Crippen LogP contribution in [0.2, 0.25) is 5.02 Å². The quantitative estimate of drug-likeness (QED) is 0.360. The summed E-state index contributed by atoms with van der Waals surface area (Å²) in [6.07, 6.45) is 4.84. The molecule has 0 saturated carbocycles. The summed E-state index contributed by atoms with van der Waals surface area (Å²) in [5.74, 6) is 0.662. The van der Waals surface area contributed by atoms with Crippen LogP contribution in [0.25, 0.3) is 22.3 Å². The Morgan fingerprint density at radius 2 is 1.76 bits per heavy atom. The van der Waals surface area contributed by atoms with Crippen LogP contribution in [0.3, 0.4) is 0 Å². The van der Waals surface area contributed by atoms with Crippen LogP contribution in [0.15, 0.2) is 72.9 Å². The molecule has 5 heteroatoms. The van der Waals surface area contributed by atoms with E-state index in [0.717, 1.165) is 54.5 Å². The number of halogens is 1. The average molecular weight is 456 g/mol. The Morgan fingerprint density at radius 3 is 2.48 bits per heavy atom. The normalized spacial score (nSPS) is 14.5. The molecule has 0 spiro atoms. The molecule has 1 saturated heterocycles. The van der Waals surface area contributed by atoms with E-state index in [1.54, 1.807) is 6.20 Å². The predicted octanol–water partition coefficient (Wildman–Crippen LogP) is 6.35. The van der Waals surface area contributed by atoms with E-state index in [2.05, 4.69) is 35.3 Å². The van der Waals surface area contributed by atoms with E-state index in [1.165, 1.54) is 5.56 Å². The van der Waals surface area contributed by atoms with Crippen molar-refractivity contribution >= 4 is 28.4 Å². The second-order valence-corrected chi connectivity index (χ2v) is 9.17. The van der Waals surface area contributed by atoms with Gasteiger partial charge in [0.05, 0.1) is 22.5 Å². The predicted molar refractivity (Wildman–Crippen MR) is 133 cm³/mol. The molecular weight excluding hydrogens is 430 g/mol. The third-order valence-electron chi connectivity index (χ3n) is 6.60. The number of likely N-dealkylation sites (tertiary alicyclic amines) is 1. The van der Waals surface area contributed by atoms with Crippen LogP contribution >= 0.6 is 11.6 Å². The molecule has 0 bridgehead atoms. The van der Waals surface area contributed by atoms with Gasteiger partial charge in [-0.25, -0.2) is 4.98 Å². The summed E-state index contributed by atoms with van der Waals surface area (Å²) in [5, 5.41) is 1.49. The number of hydrogen-bond acceptors (Lipinski definition) is 3. The second kappa shape index (κ2) is 9.32. The summed E-state index contributed by atoms with van der Waals surface area (Å²) < 4.78 is 0. The number of aromatic nitrogens is 2. The van der Waals surface area contributed by atoms with Crippen LogP contribution in [0.1, 0.15) is 34.3 Å². The summed E-state index contributed by atoms with van der Waals surface area (Å²) in [6, 6.07) is 22.0. The molecule has 1 amide bonds. The van der Waals surface area contributed by atoms with Gasteiger partial charge in [0.2, 0.25) is 0 Å². The molecule has 1 aliphatic rings. The molecule has 33 heavy (non-hydrogen) atoms. The average Bonchev–Trinajstić information content (AvgIpc) is 2.87. The summed E-state index contributed by atoms with van der Waals surface area (Å²) in [6.45, 7) is 3.49. The van der Waals surface area contributed by atoms with Gasteiger partial charge in [0, 0.05) is 29.7 Å². The number of pyridine rings is 2. The van der Waals surface area contributed by atoms with Crippen LogP contribution in [0, 0.1) is 12.8 Å². The number of nitrogens with zero attached hydrogens (tertiary/aromatic N) is 3. The maximum atomic E-state index is 13.7. The molecule has 5 rings (SSSR count). The van der Waals surface area contributed by atoms with Gasteiger partial charge in [0.25, 0.3) is 5.91 Å². The molecular formula is C28H26ClN3O. The van der Waals surface area contributed by atoms with Crippen molar-refractivity contribution in [1.82, 2.24) is 14.9 Å². The molecule has 0 N–H and O–H groups in total. The van der Waals surface area contributed by atoms with E-state index in [-0.39, 0.29) is 5.91 Å². The van der Waals surface area contributed by atoms with Crippen LogP contribution < -0.4 is 0 Å². The number of amides is 1. The molecule has 1 aliphatic heterocycles. The van der Waals surface area contributed by atoms with Crippen LogP contribution in [-0.4, -0.2) is 33.9 Å². The maximum Gasteiger partial charge on any atom is 0.254 e. The molecule has 4 aromatic rings. The Kier molecular flexibility index (Phi) is 6.10. The standard InChI is InChI=1S/C28H26ClN3O/c1-19-24(29)11-10-22-23(18-26(31-27(19)22)25-9-5-6-14-30-25)28(33)32-15-12-21(13-16-32)17-20-7-3-2-4-8-20/h2-11,14,18,21H,12-13,15-17H2,1H3. The van der Waals surface area contributed by atoms with Gasteiger partial charge in [0.1, 0.15) is 0 Å². The Morgan fingerprint density at radius 1 is 1.00 bits per heavy atom. The van der Waals surface area contributed by atoms with E-state index in [9.17, 15) is 4.79 Å². The van der Waals surface area contributed by atoms with E-state index in [4.69, 9.17) is 16.6 Å². The largest absolute Gasteiger partial charge is 0.339 e. The number of piperidine rings is 1. The Bertz CT molecular complexity index is 1280. The highest BCUT2D eigenvalue weighted by Gasteiger charge is 2.26. The fraction of sp³-hybridized carbons (Fsp3) is 0.250. The third kappa shape index (κ3) is 4.49. The third-order valence-corrected chi connectivity index (χ3v) is 7.00. The SMILES string of the molecule is Cc1c(Cl)ccc2c(C(=O)N3CCC(Cc4ccccc4)CC3)cc(-c3ccccn3)nc12. The van der Waals surface area contributed by atoms with Gasteiger partial charge in [0.15, 0.2) is 0 Å². The Balaban J connectivity index is 1.44. The molecule has 0 unspecified atom stereocenters. The highest BCUT2D eigenvalue weighted by Crippen LogP contribution is 2.31. The number of fused-ring (bicyclic) bond motifs is 1. The topological polar surface area (TPSA) is 46.1 Å².